The zero-order valence-corrected chi connectivity index (χ0v) is 13.7. The molecule has 0 saturated carbocycles. The summed E-state index contributed by atoms with van der Waals surface area (Å²) >= 11 is 3.58. The first-order chi connectivity index (χ1) is 9.74. The van der Waals surface area contributed by atoms with E-state index in [9.17, 15) is 0 Å². The summed E-state index contributed by atoms with van der Waals surface area (Å²) < 4.78 is 17.7. The summed E-state index contributed by atoms with van der Waals surface area (Å²) in [6, 6.07) is 4.11. The normalized spacial score (nSPS) is 18.2. The molecule has 0 aliphatic carbocycles. The maximum absolute atomic E-state index is 5.99. The summed E-state index contributed by atoms with van der Waals surface area (Å²) in [5.74, 6) is 1.53. The summed E-state index contributed by atoms with van der Waals surface area (Å²) in [7, 11) is 1.67. The quantitative estimate of drug-likeness (QED) is 0.772. The van der Waals surface area contributed by atoms with Crippen LogP contribution in [0.4, 0.5) is 0 Å². The van der Waals surface area contributed by atoms with Crippen molar-refractivity contribution in [2.75, 3.05) is 26.9 Å². The molecule has 1 aliphatic heterocycles. The standard InChI is InChI=1S/C15H22BrNO3/c1-3-5-17-9-11-7-13(16)15(14(8-11)18-2)20-12-4-6-19-10-12/h7-8,12,17H,3-6,9-10H2,1-2H3. The number of hydrogen-bond donors (Lipinski definition) is 1. The van der Waals surface area contributed by atoms with Crippen LogP contribution in [-0.4, -0.2) is 33.0 Å². The Morgan fingerprint density at radius 1 is 1.45 bits per heavy atom. The molecule has 0 aromatic heterocycles. The van der Waals surface area contributed by atoms with Crippen LogP contribution >= 0.6 is 15.9 Å². The molecule has 112 valence electrons. The predicted octanol–water partition coefficient (Wildman–Crippen LogP) is 3.13. The van der Waals surface area contributed by atoms with E-state index in [4.69, 9.17) is 14.2 Å². The lowest BCUT2D eigenvalue weighted by atomic mass is 10.2. The van der Waals surface area contributed by atoms with E-state index in [1.807, 2.05) is 6.07 Å². The van der Waals surface area contributed by atoms with Crippen LogP contribution in [0.5, 0.6) is 11.5 Å². The van der Waals surface area contributed by atoms with Gasteiger partial charge in [-0.15, -0.1) is 0 Å². The van der Waals surface area contributed by atoms with Gasteiger partial charge in [0.15, 0.2) is 11.5 Å². The van der Waals surface area contributed by atoms with E-state index in [1.165, 1.54) is 5.56 Å². The lowest BCUT2D eigenvalue weighted by molar-refractivity contribution is 0.138. The molecule has 1 unspecified atom stereocenters. The number of nitrogens with one attached hydrogen (secondary N) is 1. The van der Waals surface area contributed by atoms with Crippen molar-refractivity contribution in [1.82, 2.24) is 5.32 Å². The van der Waals surface area contributed by atoms with E-state index in [1.54, 1.807) is 7.11 Å². The molecule has 0 spiro atoms. The van der Waals surface area contributed by atoms with E-state index >= 15 is 0 Å². The van der Waals surface area contributed by atoms with Crippen molar-refractivity contribution in [3.05, 3.63) is 22.2 Å². The third-order valence-electron chi connectivity index (χ3n) is 3.22. The van der Waals surface area contributed by atoms with Crippen LogP contribution in [0, 0.1) is 0 Å². The monoisotopic (exact) mass is 343 g/mol. The van der Waals surface area contributed by atoms with Crippen LogP contribution in [0.3, 0.4) is 0 Å². The highest BCUT2D eigenvalue weighted by molar-refractivity contribution is 9.10. The third-order valence-corrected chi connectivity index (χ3v) is 3.81. The summed E-state index contributed by atoms with van der Waals surface area (Å²) in [6.07, 6.45) is 2.17. The minimum atomic E-state index is 0.115. The number of methoxy groups -OCH3 is 1. The van der Waals surface area contributed by atoms with Crippen molar-refractivity contribution in [2.24, 2.45) is 0 Å². The molecule has 1 atom stereocenters. The van der Waals surface area contributed by atoms with E-state index in [0.29, 0.717) is 6.61 Å². The van der Waals surface area contributed by atoms with E-state index < -0.39 is 0 Å². The van der Waals surface area contributed by atoms with Gasteiger partial charge in [0.25, 0.3) is 0 Å². The fraction of sp³-hybridized carbons (Fsp3) is 0.600. The molecule has 1 aromatic carbocycles. The van der Waals surface area contributed by atoms with Crippen molar-refractivity contribution in [3.63, 3.8) is 0 Å². The van der Waals surface area contributed by atoms with Crippen LogP contribution < -0.4 is 14.8 Å². The molecule has 2 rings (SSSR count). The molecule has 1 aliphatic rings. The molecule has 1 fully saturated rings. The van der Waals surface area contributed by atoms with E-state index in [-0.39, 0.29) is 6.10 Å². The van der Waals surface area contributed by atoms with Crippen molar-refractivity contribution < 1.29 is 14.2 Å². The number of benzene rings is 1. The van der Waals surface area contributed by atoms with Gasteiger partial charge in [-0.05, 0) is 46.6 Å². The van der Waals surface area contributed by atoms with Crippen LogP contribution in [0.1, 0.15) is 25.3 Å². The second kappa shape index (κ2) is 7.86. The lowest BCUT2D eigenvalue weighted by Gasteiger charge is -2.17. The lowest BCUT2D eigenvalue weighted by Crippen LogP contribution is -2.17. The van der Waals surface area contributed by atoms with Crippen LogP contribution in [0.15, 0.2) is 16.6 Å². The third kappa shape index (κ3) is 4.11. The van der Waals surface area contributed by atoms with Gasteiger partial charge in [0.05, 0.1) is 24.8 Å². The fourth-order valence-corrected chi connectivity index (χ4v) is 2.75. The summed E-state index contributed by atoms with van der Waals surface area (Å²) in [5.41, 5.74) is 1.18. The first kappa shape index (κ1) is 15.6. The smallest absolute Gasteiger partial charge is 0.175 e. The average molecular weight is 344 g/mol. The SMILES string of the molecule is CCCNCc1cc(Br)c(OC2CCOC2)c(OC)c1. The summed E-state index contributed by atoms with van der Waals surface area (Å²) in [6.45, 7) is 5.41. The Morgan fingerprint density at radius 3 is 2.95 bits per heavy atom. The molecule has 20 heavy (non-hydrogen) atoms. The Balaban J connectivity index is 2.10. The molecule has 1 saturated heterocycles. The van der Waals surface area contributed by atoms with Gasteiger partial charge in [0.2, 0.25) is 0 Å². The Hall–Kier alpha value is -0.780. The topological polar surface area (TPSA) is 39.7 Å². The minimum absolute atomic E-state index is 0.115. The zero-order chi connectivity index (χ0) is 14.4. The molecule has 1 heterocycles. The first-order valence-corrected chi connectivity index (χ1v) is 7.85. The highest BCUT2D eigenvalue weighted by Gasteiger charge is 2.21. The minimum Gasteiger partial charge on any atom is -0.493 e. The van der Waals surface area contributed by atoms with Crippen molar-refractivity contribution in [1.29, 1.82) is 0 Å². The van der Waals surface area contributed by atoms with Crippen LogP contribution in [0.2, 0.25) is 0 Å². The average Bonchev–Trinajstić information content (AvgIpc) is 2.94. The van der Waals surface area contributed by atoms with Gasteiger partial charge < -0.3 is 19.5 Å². The Bertz CT molecular complexity index is 433. The fourth-order valence-electron chi connectivity index (χ4n) is 2.17. The molecule has 1 N–H and O–H groups in total. The van der Waals surface area contributed by atoms with Crippen LogP contribution in [-0.2, 0) is 11.3 Å². The Labute approximate surface area is 128 Å². The predicted molar refractivity (Wildman–Crippen MR) is 82.5 cm³/mol. The maximum atomic E-state index is 5.99. The Kier molecular flexibility index (Phi) is 6.13. The maximum Gasteiger partial charge on any atom is 0.175 e. The molecular formula is C15H22BrNO3. The number of hydrogen-bond acceptors (Lipinski definition) is 4. The number of ether oxygens (including phenoxy) is 3. The van der Waals surface area contributed by atoms with Gasteiger partial charge in [-0.2, -0.15) is 0 Å². The van der Waals surface area contributed by atoms with Gasteiger partial charge in [-0.1, -0.05) is 6.92 Å². The summed E-state index contributed by atoms with van der Waals surface area (Å²) in [4.78, 5) is 0. The van der Waals surface area contributed by atoms with Gasteiger partial charge >= 0.3 is 0 Å². The largest absolute Gasteiger partial charge is 0.493 e. The van der Waals surface area contributed by atoms with Gasteiger partial charge in [-0.25, -0.2) is 0 Å². The van der Waals surface area contributed by atoms with Crippen LogP contribution in [0.25, 0.3) is 0 Å². The Morgan fingerprint density at radius 2 is 2.30 bits per heavy atom. The molecule has 0 bridgehead atoms. The van der Waals surface area contributed by atoms with E-state index in [2.05, 4.69) is 34.2 Å². The first-order valence-electron chi connectivity index (χ1n) is 7.06. The van der Waals surface area contributed by atoms with Gasteiger partial charge in [-0.3, -0.25) is 0 Å². The van der Waals surface area contributed by atoms with E-state index in [0.717, 1.165) is 48.5 Å². The molecule has 5 heteroatoms. The van der Waals surface area contributed by atoms with Crippen molar-refractivity contribution in [3.8, 4) is 11.5 Å². The second-order valence-electron chi connectivity index (χ2n) is 4.89. The highest BCUT2D eigenvalue weighted by atomic mass is 79.9. The summed E-state index contributed by atoms with van der Waals surface area (Å²) in [5, 5.41) is 3.39. The molecule has 4 nitrogen and oxygen atoms in total. The molecule has 1 aromatic rings. The number of halogens is 1. The van der Waals surface area contributed by atoms with Crippen molar-refractivity contribution in [2.45, 2.75) is 32.4 Å². The molecule has 0 radical (unpaired) electrons. The van der Waals surface area contributed by atoms with Crippen molar-refractivity contribution >= 4 is 15.9 Å². The second-order valence-corrected chi connectivity index (χ2v) is 5.74. The molecule has 0 amide bonds. The van der Waals surface area contributed by atoms with Gasteiger partial charge in [0, 0.05) is 13.0 Å². The number of rotatable bonds is 7. The molecular weight excluding hydrogens is 322 g/mol. The van der Waals surface area contributed by atoms with Gasteiger partial charge in [0.1, 0.15) is 6.10 Å². The highest BCUT2D eigenvalue weighted by Crippen LogP contribution is 2.38. The zero-order valence-electron chi connectivity index (χ0n) is 12.1.